The van der Waals surface area contributed by atoms with Gasteiger partial charge in [-0.05, 0) is 29.8 Å². The molecule has 5 nitrogen and oxygen atoms in total. The lowest BCUT2D eigenvalue weighted by atomic mass is 10.2. The third kappa shape index (κ3) is 4.92. The summed E-state index contributed by atoms with van der Waals surface area (Å²) in [6, 6.07) is 12.5. The van der Waals surface area contributed by atoms with E-state index in [1.165, 1.54) is 18.9 Å². The Morgan fingerprint density at radius 2 is 1.81 bits per heavy atom. The molecule has 1 aromatic heterocycles. The van der Waals surface area contributed by atoms with E-state index in [-0.39, 0.29) is 0 Å². The van der Waals surface area contributed by atoms with Gasteiger partial charge in [0.2, 0.25) is 0 Å². The summed E-state index contributed by atoms with van der Waals surface area (Å²) in [6.45, 7) is 0. The normalized spacial score (nSPS) is 11.0. The number of alkyl halides is 2. The molecule has 0 atom stereocenters. The van der Waals surface area contributed by atoms with Gasteiger partial charge in [-0.2, -0.15) is 8.78 Å². The Bertz CT molecular complexity index is 906. The second kappa shape index (κ2) is 9.09. The minimum atomic E-state index is -2.49. The van der Waals surface area contributed by atoms with Crippen LogP contribution in [0, 0.1) is 0 Å². The molecule has 3 aromatic rings. The van der Waals surface area contributed by atoms with Crippen molar-refractivity contribution >= 4 is 23.5 Å². The zero-order valence-electron chi connectivity index (χ0n) is 14.5. The highest BCUT2D eigenvalue weighted by Gasteiger charge is 2.15. The van der Waals surface area contributed by atoms with Crippen LogP contribution in [0.2, 0.25) is 0 Å². The maximum Gasteiger partial charge on any atom is 0.289 e. The lowest BCUT2D eigenvalue weighted by Gasteiger charge is -2.09. The van der Waals surface area contributed by atoms with Crippen molar-refractivity contribution in [3.63, 3.8) is 0 Å². The fourth-order valence-electron chi connectivity index (χ4n) is 2.34. The minimum absolute atomic E-state index is 0.371. The second-order valence-electron chi connectivity index (χ2n) is 5.23. The van der Waals surface area contributed by atoms with Crippen molar-refractivity contribution in [2.75, 3.05) is 14.2 Å². The quantitative estimate of drug-likeness (QED) is 0.463. The Morgan fingerprint density at radius 3 is 2.56 bits per heavy atom. The first-order chi connectivity index (χ1) is 13.1. The zero-order chi connectivity index (χ0) is 19.2. The summed E-state index contributed by atoms with van der Waals surface area (Å²) >= 11 is 1.81. The Morgan fingerprint density at radius 1 is 1.04 bits per heavy atom. The van der Waals surface area contributed by atoms with Gasteiger partial charge in [-0.3, -0.25) is 0 Å². The van der Waals surface area contributed by atoms with Crippen LogP contribution in [0.5, 0.6) is 11.5 Å². The number of halogens is 2. The number of ether oxygens (including phenoxy) is 2. The fourth-order valence-corrected chi connectivity index (χ4v) is 3.64. The Labute approximate surface area is 163 Å². The Kier molecular flexibility index (Phi) is 6.57. The van der Waals surface area contributed by atoms with Crippen molar-refractivity contribution in [1.82, 2.24) is 10.2 Å². The van der Waals surface area contributed by atoms with Gasteiger partial charge >= 0.3 is 0 Å². The van der Waals surface area contributed by atoms with Crippen LogP contribution in [0.1, 0.15) is 5.56 Å². The molecule has 0 aliphatic carbocycles. The van der Waals surface area contributed by atoms with Crippen molar-refractivity contribution in [3.8, 4) is 23.0 Å². The molecule has 0 spiro atoms. The topological polar surface area (TPSA) is 57.4 Å². The van der Waals surface area contributed by atoms with Crippen LogP contribution < -0.4 is 9.47 Å². The van der Waals surface area contributed by atoms with Gasteiger partial charge in [0.15, 0.2) is 0 Å². The van der Waals surface area contributed by atoms with E-state index in [1.807, 2.05) is 24.3 Å². The molecule has 2 aromatic carbocycles. The second-order valence-corrected chi connectivity index (χ2v) is 7.18. The number of hydrogen-bond acceptors (Lipinski definition) is 7. The summed E-state index contributed by atoms with van der Waals surface area (Å²) < 4.78 is 41.3. The summed E-state index contributed by atoms with van der Waals surface area (Å²) in [5.41, 5.74) is 1.61. The summed E-state index contributed by atoms with van der Waals surface area (Å²) in [6.07, 6.45) is 0. The van der Waals surface area contributed by atoms with E-state index < -0.39 is 5.76 Å². The maximum absolute atomic E-state index is 12.6. The van der Waals surface area contributed by atoms with Crippen LogP contribution >= 0.6 is 23.5 Å². The predicted octanol–water partition coefficient (Wildman–Crippen LogP) is 5.36. The standard InChI is InChI=1S/C18H16F2N2O3S2/c1-23-13-6-4-3-5-12(13)16-21-22-18(25-16)26-10-11-7-8-15(27-17(19)20)14(9-11)24-2/h3-9,17H,10H2,1-2H3. The Hall–Kier alpha value is -2.26. The molecule has 9 heteroatoms. The molecule has 27 heavy (non-hydrogen) atoms. The van der Waals surface area contributed by atoms with Crippen LogP contribution in [0.3, 0.4) is 0 Å². The van der Waals surface area contributed by atoms with E-state index in [0.717, 1.165) is 11.1 Å². The molecule has 0 saturated carbocycles. The smallest absolute Gasteiger partial charge is 0.289 e. The summed E-state index contributed by atoms with van der Waals surface area (Å²) in [5, 5.41) is 8.50. The molecule has 0 aliphatic rings. The fraction of sp³-hybridized carbons (Fsp3) is 0.222. The van der Waals surface area contributed by atoms with Crippen molar-refractivity contribution < 1.29 is 22.7 Å². The molecule has 0 N–H and O–H groups in total. The van der Waals surface area contributed by atoms with Crippen molar-refractivity contribution in [3.05, 3.63) is 48.0 Å². The van der Waals surface area contributed by atoms with Crippen molar-refractivity contribution in [2.45, 2.75) is 21.6 Å². The summed E-state index contributed by atoms with van der Waals surface area (Å²) in [7, 11) is 3.04. The van der Waals surface area contributed by atoms with Crippen LogP contribution in [-0.2, 0) is 5.75 Å². The van der Waals surface area contributed by atoms with E-state index in [4.69, 9.17) is 13.9 Å². The number of rotatable bonds is 8. The number of benzene rings is 2. The molecular formula is C18H16F2N2O3S2. The molecule has 0 fully saturated rings. The highest BCUT2D eigenvalue weighted by atomic mass is 32.2. The third-order valence-electron chi connectivity index (χ3n) is 3.55. The van der Waals surface area contributed by atoms with Crippen LogP contribution in [0.4, 0.5) is 8.78 Å². The zero-order valence-corrected chi connectivity index (χ0v) is 16.2. The van der Waals surface area contributed by atoms with E-state index >= 15 is 0 Å². The molecule has 1 heterocycles. The average Bonchev–Trinajstić information content (AvgIpc) is 3.15. The number of nitrogens with zero attached hydrogens (tertiary/aromatic N) is 2. The van der Waals surface area contributed by atoms with Gasteiger partial charge in [-0.1, -0.05) is 41.7 Å². The van der Waals surface area contributed by atoms with Gasteiger partial charge in [0.05, 0.1) is 24.7 Å². The number of hydrogen-bond donors (Lipinski definition) is 0. The molecule has 0 bridgehead atoms. The largest absolute Gasteiger partial charge is 0.496 e. The summed E-state index contributed by atoms with van der Waals surface area (Å²) in [4.78, 5) is 0.400. The Balaban J connectivity index is 1.70. The van der Waals surface area contributed by atoms with Crippen LogP contribution in [0.15, 0.2) is 57.0 Å². The van der Waals surface area contributed by atoms with E-state index in [9.17, 15) is 8.78 Å². The van der Waals surface area contributed by atoms with Gasteiger partial charge < -0.3 is 13.9 Å². The predicted molar refractivity (Wildman–Crippen MR) is 101 cm³/mol. The van der Waals surface area contributed by atoms with Gasteiger partial charge in [0, 0.05) is 5.75 Å². The number of para-hydroxylation sites is 1. The monoisotopic (exact) mass is 410 g/mol. The van der Waals surface area contributed by atoms with Crippen LogP contribution in [-0.4, -0.2) is 30.2 Å². The highest BCUT2D eigenvalue weighted by Crippen LogP contribution is 2.36. The molecule has 0 radical (unpaired) electrons. The highest BCUT2D eigenvalue weighted by molar-refractivity contribution is 7.99. The number of thioether (sulfide) groups is 2. The lowest BCUT2D eigenvalue weighted by molar-refractivity contribution is 0.251. The number of aromatic nitrogens is 2. The lowest BCUT2D eigenvalue weighted by Crippen LogP contribution is -1.91. The van der Waals surface area contributed by atoms with E-state index in [1.54, 1.807) is 25.3 Å². The first kappa shape index (κ1) is 19.5. The molecule has 0 saturated heterocycles. The SMILES string of the molecule is COc1cc(CSc2nnc(-c3ccccc3OC)o2)ccc1SC(F)F. The van der Waals surface area contributed by atoms with E-state index in [2.05, 4.69) is 10.2 Å². The van der Waals surface area contributed by atoms with Crippen molar-refractivity contribution in [2.24, 2.45) is 0 Å². The van der Waals surface area contributed by atoms with Gasteiger partial charge in [0.25, 0.3) is 16.9 Å². The maximum atomic E-state index is 12.6. The first-order valence-corrected chi connectivity index (χ1v) is 9.68. The van der Waals surface area contributed by atoms with Gasteiger partial charge in [-0.15, -0.1) is 10.2 Å². The van der Waals surface area contributed by atoms with Crippen molar-refractivity contribution in [1.29, 1.82) is 0 Å². The minimum Gasteiger partial charge on any atom is -0.496 e. The molecule has 0 unspecified atom stereocenters. The van der Waals surface area contributed by atoms with Gasteiger partial charge in [0.1, 0.15) is 11.5 Å². The third-order valence-corrected chi connectivity index (χ3v) is 5.21. The molecular weight excluding hydrogens is 394 g/mol. The average molecular weight is 410 g/mol. The van der Waals surface area contributed by atoms with E-state index in [0.29, 0.717) is 45.0 Å². The summed E-state index contributed by atoms with van der Waals surface area (Å²) in [5.74, 6) is -0.529. The van der Waals surface area contributed by atoms with Crippen LogP contribution in [0.25, 0.3) is 11.5 Å². The molecule has 3 rings (SSSR count). The first-order valence-electron chi connectivity index (χ1n) is 7.82. The molecule has 142 valence electrons. The molecule has 0 aliphatic heterocycles. The van der Waals surface area contributed by atoms with Gasteiger partial charge in [-0.25, -0.2) is 0 Å². The number of methoxy groups -OCH3 is 2. The molecule has 0 amide bonds.